The van der Waals surface area contributed by atoms with Crippen LogP contribution in [0.3, 0.4) is 0 Å². The lowest BCUT2D eigenvalue weighted by Crippen LogP contribution is -2.39. The second-order valence-electron chi connectivity index (χ2n) is 6.30. The number of nitrogens with one attached hydrogen (secondary N) is 2. The summed E-state index contributed by atoms with van der Waals surface area (Å²) >= 11 is 1.78. The van der Waals surface area contributed by atoms with Crippen molar-refractivity contribution in [1.29, 1.82) is 0 Å². The van der Waals surface area contributed by atoms with E-state index in [1.54, 1.807) is 18.4 Å². The first-order chi connectivity index (χ1) is 11.7. The lowest BCUT2D eigenvalue weighted by molar-refractivity contribution is -0.148. The monoisotopic (exact) mass is 351 g/mol. The Hall–Kier alpha value is -1.56. The van der Waals surface area contributed by atoms with E-state index in [1.807, 2.05) is 0 Å². The minimum Gasteiger partial charge on any atom is -0.462 e. The zero-order chi connectivity index (χ0) is 17.2. The summed E-state index contributed by atoms with van der Waals surface area (Å²) in [5.74, 6) is 1.16. The van der Waals surface area contributed by atoms with Crippen molar-refractivity contribution in [2.24, 2.45) is 4.99 Å². The zero-order valence-corrected chi connectivity index (χ0v) is 15.5. The average Bonchev–Trinajstić information content (AvgIpc) is 3.27. The van der Waals surface area contributed by atoms with E-state index in [2.05, 4.69) is 40.1 Å². The Balaban J connectivity index is 1.57. The third kappa shape index (κ3) is 6.51. The zero-order valence-electron chi connectivity index (χ0n) is 14.7. The van der Waals surface area contributed by atoms with Gasteiger partial charge < -0.3 is 15.4 Å². The highest BCUT2D eigenvalue weighted by Crippen LogP contribution is 2.21. The van der Waals surface area contributed by atoms with Crippen molar-refractivity contribution in [2.45, 2.75) is 57.5 Å². The van der Waals surface area contributed by atoms with Gasteiger partial charge in [-0.25, -0.2) is 0 Å². The molecule has 1 aromatic rings. The number of esters is 1. The fourth-order valence-corrected chi connectivity index (χ4v) is 3.62. The van der Waals surface area contributed by atoms with Crippen LogP contribution in [0.15, 0.2) is 22.5 Å². The summed E-state index contributed by atoms with van der Waals surface area (Å²) in [4.78, 5) is 17.4. The number of rotatable bonds is 8. The first-order valence-corrected chi connectivity index (χ1v) is 9.74. The molecule has 134 valence electrons. The van der Waals surface area contributed by atoms with Gasteiger partial charge in [-0.05, 0) is 43.6 Å². The van der Waals surface area contributed by atoms with Gasteiger partial charge in [-0.3, -0.25) is 9.79 Å². The second-order valence-corrected chi connectivity index (χ2v) is 7.28. The predicted molar refractivity (Wildman–Crippen MR) is 99.7 cm³/mol. The van der Waals surface area contributed by atoms with E-state index < -0.39 is 0 Å². The predicted octanol–water partition coefficient (Wildman–Crippen LogP) is 3.28. The highest BCUT2D eigenvalue weighted by Gasteiger charge is 2.18. The lowest BCUT2D eigenvalue weighted by atomic mass is 10.1. The molecule has 0 amide bonds. The van der Waals surface area contributed by atoms with Crippen molar-refractivity contribution < 1.29 is 9.53 Å². The molecule has 0 bridgehead atoms. The number of carbonyl (C=O) groups excluding carboxylic acids is 1. The van der Waals surface area contributed by atoms with Crippen LogP contribution in [0, 0.1) is 0 Å². The van der Waals surface area contributed by atoms with Crippen LogP contribution in [-0.2, 0) is 9.53 Å². The molecule has 0 saturated heterocycles. The molecule has 1 fully saturated rings. The van der Waals surface area contributed by atoms with Crippen LogP contribution in [0.2, 0.25) is 0 Å². The molecule has 1 aliphatic rings. The fourth-order valence-electron chi connectivity index (χ4n) is 2.83. The molecule has 1 aliphatic carbocycles. The summed E-state index contributed by atoms with van der Waals surface area (Å²) in [6, 6.07) is 4.23. The van der Waals surface area contributed by atoms with Gasteiger partial charge in [-0.1, -0.05) is 13.0 Å². The Labute approximate surface area is 148 Å². The van der Waals surface area contributed by atoms with E-state index in [4.69, 9.17) is 4.74 Å². The number of carbonyl (C=O) groups is 1. The normalized spacial score (nSPS) is 16.8. The van der Waals surface area contributed by atoms with Crippen molar-refractivity contribution in [1.82, 2.24) is 10.6 Å². The molecular weight excluding hydrogens is 322 g/mol. The average molecular weight is 352 g/mol. The van der Waals surface area contributed by atoms with Gasteiger partial charge in [-0.15, -0.1) is 11.3 Å². The molecule has 2 N–H and O–H groups in total. The number of ether oxygens (including phenoxy) is 1. The van der Waals surface area contributed by atoms with Gasteiger partial charge in [0, 0.05) is 37.4 Å². The number of nitrogens with zero attached hydrogens (tertiary/aromatic N) is 1. The van der Waals surface area contributed by atoms with Crippen molar-refractivity contribution in [2.75, 3.05) is 20.1 Å². The van der Waals surface area contributed by atoms with Crippen LogP contribution in [-0.4, -0.2) is 38.2 Å². The fraction of sp³-hybridized carbons (Fsp3) is 0.667. The maximum absolute atomic E-state index is 11.8. The molecule has 1 heterocycles. The standard InChI is InChI=1S/C18H29N3O2S/c1-14(16-9-6-12-24-16)13-21-18(19-2)20-11-5-10-17(22)23-15-7-3-4-8-15/h6,9,12,14-15H,3-5,7-8,10-11,13H2,1-2H3,(H2,19,20,21). The molecule has 0 spiro atoms. The van der Waals surface area contributed by atoms with Crippen molar-refractivity contribution >= 4 is 23.3 Å². The second kappa shape index (κ2) is 10.3. The first-order valence-electron chi connectivity index (χ1n) is 8.86. The molecule has 5 nitrogen and oxygen atoms in total. The minimum absolute atomic E-state index is 0.0713. The molecule has 2 rings (SSSR count). The molecule has 0 aromatic carbocycles. The van der Waals surface area contributed by atoms with E-state index >= 15 is 0 Å². The highest BCUT2D eigenvalue weighted by molar-refractivity contribution is 7.10. The van der Waals surface area contributed by atoms with Crippen LogP contribution < -0.4 is 10.6 Å². The SMILES string of the molecule is CN=C(NCCCC(=O)OC1CCCC1)NCC(C)c1cccs1. The van der Waals surface area contributed by atoms with E-state index in [-0.39, 0.29) is 12.1 Å². The van der Waals surface area contributed by atoms with Gasteiger partial charge in [0.2, 0.25) is 0 Å². The number of aliphatic imine (C=N–C) groups is 1. The highest BCUT2D eigenvalue weighted by atomic mass is 32.1. The molecule has 1 saturated carbocycles. The van der Waals surface area contributed by atoms with E-state index in [0.717, 1.165) is 31.8 Å². The van der Waals surface area contributed by atoms with Crippen molar-refractivity contribution in [3.8, 4) is 0 Å². The molecule has 24 heavy (non-hydrogen) atoms. The molecule has 1 unspecified atom stereocenters. The van der Waals surface area contributed by atoms with E-state index in [0.29, 0.717) is 18.9 Å². The first kappa shape index (κ1) is 18.8. The maximum Gasteiger partial charge on any atom is 0.306 e. The Bertz CT molecular complexity index is 510. The van der Waals surface area contributed by atoms with Crippen LogP contribution in [0.25, 0.3) is 0 Å². The minimum atomic E-state index is -0.0713. The topological polar surface area (TPSA) is 62.7 Å². The van der Waals surface area contributed by atoms with Gasteiger partial charge in [0.15, 0.2) is 5.96 Å². The molecular formula is C18H29N3O2S. The third-order valence-electron chi connectivity index (χ3n) is 4.28. The molecule has 6 heteroatoms. The molecule has 0 aliphatic heterocycles. The largest absolute Gasteiger partial charge is 0.462 e. The third-order valence-corrected chi connectivity index (χ3v) is 5.38. The van der Waals surface area contributed by atoms with Gasteiger partial charge >= 0.3 is 5.97 Å². The number of guanidine groups is 1. The van der Waals surface area contributed by atoms with Crippen LogP contribution in [0.1, 0.15) is 56.2 Å². The van der Waals surface area contributed by atoms with E-state index in [9.17, 15) is 4.79 Å². The summed E-state index contributed by atoms with van der Waals surface area (Å²) in [6.45, 7) is 3.75. The Morgan fingerprint density at radius 2 is 2.21 bits per heavy atom. The quantitative estimate of drug-likeness (QED) is 0.326. The Morgan fingerprint density at radius 1 is 1.42 bits per heavy atom. The van der Waals surface area contributed by atoms with Gasteiger partial charge in [0.1, 0.15) is 6.10 Å². The lowest BCUT2D eigenvalue weighted by Gasteiger charge is -2.15. The van der Waals surface area contributed by atoms with Crippen LogP contribution >= 0.6 is 11.3 Å². The van der Waals surface area contributed by atoms with Gasteiger partial charge in [0.25, 0.3) is 0 Å². The van der Waals surface area contributed by atoms with Gasteiger partial charge in [-0.2, -0.15) is 0 Å². The van der Waals surface area contributed by atoms with Crippen molar-refractivity contribution in [3.05, 3.63) is 22.4 Å². The number of thiophene rings is 1. The smallest absolute Gasteiger partial charge is 0.306 e. The van der Waals surface area contributed by atoms with Gasteiger partial charge in [0.05, 0.1) is 0 Å². The number of hydrogen-bond acceptors (Lipinski definition) is 4. The number of hydrogen-bond donors (Lipinski definition) is 2. The van der Waals surface area contributed by atoms with E-state index in [1.165, 1.54) is 17.7 Å². The molecule has 0 radical (unpaired) electrons. The maximum atomic E-state index is 11.8. The Kier molecular flexibility index (Phi) is 8.08. The molecule has 1 aromatic heterocycles. The van der Waals surface area contributed by atoms with Crippen LogP contribution in [0.5, 0.6) is 0 Å². The summed E-state index contributed by atoms with van der Waals surface area (Å²) in [5.41, 5.74) is 0. The summed E-state index contributed by atoms with van der Waals surface area (Å²) in [7, 11) is 1.76. The summed E-state index contributed by atoms with van der Waals surface area (Å²) in [5, 5.41) is 8.69. The Morgan fingerprint density at radius 3 is 2.88 bits per heavy atom. The molecule has 1 atom stereocenters. The summed E-state index contributed by atoms with van der Waals surface area (Å²) < 4.78 is 5.45. The summed E-state index contributed by atoms with van der Waals surface area (Å²) in [6.07, 6.45) is 5.82. The van der Waals surface area contributed by atoms with Crippen LogP contribution in [0.4, 0.5) is 0 Å². The van der Waals surface area contributed by atoms with Crippen molar-refractivity contribution in [3.63, 3.8) is 0 Å².